The molecule has 3 N–H and O–H groups in total. The molecule has 1 aliphatic rings. The second-order valence-corrected chi connectivity index (χ2v) is 6.90. The van der Waals surface area contributed by atoms with Crippen LogP contribution in [-0.2, 0) is 15.8 Å². The molecule has 0 aliphatic heterocycles. The molecule has 0 aromatic heterocycles. The summed E-state index contributed by atoms with van der Waals surface area (Å²) in [5.74, 6) is 0.526. The maximum atomic E-state index is 11.9. The van der Waals surface area contributed by atoms with Crippen molar-refractivity contribution in [2.75, 3.05) is 6.54 Å². The first-order valence-electron chi connectivity index (χ1n) is 6.25. The van der Waals surface area contributed by atoms with Gasteiger partial charge in [-0.05, 0) is 31.2 Å². The Morgan fingerprint density at radius 1 is 1.42 bits per heavy atom. The van der Waals surface area contributed by atoms with E-state index in [1.165, 1.54) is 0 Å². The minimum absolute atomic E-state index is 0. The Labute approximate surface area is 121 Å². The number of nitrogens with two attached hydrogens (primary N) is 1. The van der Waals surface area contributed by atoms with Crippen molar-refractivity contribution in [1.29, 1.82) is 0 Å². The molecule has 1 fully saturated rings. The lowest BCUT2D eigenvalue weighted by Gasteiger charge is -2.12. The number of hydrogen-bond acceptors (Lipinski definition) is 3. The number of halogens is 1. The van der Waals surface area contributed by atoms with Gasteiger partial charge in [-0.3, -0.25) is 0 Å². The molecule has 4 nitrogen and oxygen atoms in total. The predicted octanol–water partition coefficient (Wildman–Crippen LogP) is 1.57. The molecule has 1 saturated carbocycles. The summed E-state index contributed by atoms with van der Waals surface area (Å²) in [5.41, 5.74) is 7.75. The Balaban J connectivity index is 0.00000180. The highest BCUT2D eigenvalue weighted by atomic mass is 35.5. The number of rotatable bonds is 6. The fourth-order valence-corrected chi connectivity index (χ4v) is 3.15. The summed E-state index contributed by atoms with van der Waals surface area (Å²) in [4.78, 5) is 0. The van der Waals surface area contributed by atoms with E-state index in [-0.39, 0.29) is 24.2 Å². The third kappa shape index (κ3) is 5.48. The van der Waals surface area contributed by atoms with Crippen LogP contribution in [0.4, 0.5) is 0 Å². The fraction of sp³-hybridized carbons (Fsp3) is 0.538. The summed E-state index contributed by atoms with van der Waals surface area (Å²) < 4.78 is 26.4. The summed E-state index contributed by atoms with van der Waals surface area (Å²) in [5, 5.41) is 0. The molecule has 0 spiro atoms. The summed E-state index contributed by atoms with van der Waals surface area (Å²) in [6, 6.07) is 7.49. The van der Waals surface area contributed by atoms with Gasteiger partial charge in [0.15, 0.2) is 0 Å². The minimum atomic E-state index is -3.28. The molecule has 6 heteroatoms. The first-order chi connectivity index (χ1) is 8.46. The van der Waals surface area contributed by atoms with E-state index in [0.717, 1.165) is 24.0 Å². The van der Waals surface area contributed by atoms with Crippen molar-refractivity contribution in [2.24, 2.45) is 11.7 Å². The van der Waals surface area contributed by atoms with Crippen LogP contribution < -0.4 is 10.5 Å². The molecule has 108 valence electrons. The third-order valence-corrected chi connectivity index (χ3v) is 4.53. The van der Waals surface area contributed by atoms with Gasteiger partial charge < -0.3 is 5.73 Å². The second kappa shape index (κ2) is 6.70. The van der Waals surface area contributed by atoms with Gasteiger partial charge in [0.1, 0.15) is 0 Å². The van der Waals surface area contributed by atoms with E-state index in [4.69, 9.17) is 5.73 Å². The Hall–Kier alpha value is -0.620. The molecule has 1 atom stereocenters. The quantitative estimate of drug-likeness (QED) is 0.838. The maximum absolute atomic E-state index is 11.9. The van der Waals surface area contributed by atoms with Crippen molar-refractivity contribution >= 4 is 22.4 Å². The van der Waals surface area contributed by atoms with Crippen molar-refractivity contribution in [3.05, 3.63) is 35.4 Å². The van der Waals surface area contributed by atoms with Crippen molar-refractivity contribution < 1.29 is 8.42 Å². The highest BCUT2D eigenvalue weighted by molar-refractivity contribution is 7.88. The summed E-state index contributed by atoms with van der Waals surface area (Å²) in [6.07, 6.45) is 2.25. The van der Waals surface area contributed by atoms with Gasteiger partial charge >= 0.3 is 0 Å². The molecule has 19 heavy (non-hydrogen) atoms. The van der Waals surface area contributed by atoms with Gasteiger partial charge in [0.25, 0.3) is 0 Å². The summed E-state index contributed by atoms with van der Waals surface area (Å²) in [6.45, 7) is 2.30. The zero-order valence-corrected chi connectivity index (χ0v) is 12.6. The third-order valence-electron chi connectivity index (χ3n) is 3.21. The smallest absolute Gasteiger partial charge is 0.215 e. The lowest BCUT2D eigenvalue weighted by molar-refractivity contribution is 0.547. The van der Waals surface area contributed by atoms with Gasteiger partial charge in [-0.25, -0.2) is 13.1 Å². The van der Waals surface area contributed by atoms with E-state index < -0.39 is 10.0 Å². The number of sulfonamides is 1. The van der Waals surface area contributed by atoms with Crippen LogP contribution in [0.1, 0.15) is 24.0 Å². The molecule has 0 amide bonds. The van der Waals surface area contributed by atoms with Crippen LogP contribution in [-0.4, -0.2) is 21.0 Å². The van der Waals surface area contributed by atoms with E-state index in [9.17, 15) is 8.42 Å². The molecular weight excluding hydrogens is 284 g/mol. The maximum Gasteiger partial charge on any atom is 0.215 e. The zero-order chi connectivity index (χ0) is 13.2. The van der Waals surface area contributed by atoms with E-state index in [2.05, 4.69) is 4.72 Å². The molecule has 1 unspecified atom stereocenters. The molecule has 0 saturated heterocycles. The summed E-state index contributed by atoms with van der Waals surface area (Å²) in [7, 11) is -3.28. The monoisotopic (exact) mass is 304 g/mol. The first-order valence-corrected chi connectivity index (χ1v) is 7.90. The SMILES string of the molecule is Cc1cccc(CS(=O)(=O)NCC(N)C2CC2)c1.Cl. The van der Waals surface area contributed by atoms with Crippen molar-refractivity contribution in [3.63, 3.8) is 0 Å². The van der Waals surface area contributed by atoms with E-state index in [1.807, 2.05) is 31.2 Å². The largest absolute Gasteiger partial charge is 0.326 e. The number of benzene rings is 1. The second-order valence-electron chi connectivity index (χ2n) is 5.10. The minimum Gasteiger partial charge on any atom is -0.326 e. The van der Waals surface area contributed by atoms with Crippen molar-refractivity contribution in [3.8, 4) is 0 Å². The fourth-order valence-electron chi connectivity index (χ4n) is 1.99. The standard InChI is InChI=1S/C13H20N2O2S.ClH/c1-10-3-2-4-11(7-10)9-18(16,17)15-8-13(14)12-5-6-12;/h2-4,7,12-13,15H,5-6,8-9,14H2,1H3;1H. The van der Waals surface area contributed by atoms with Crippen LogP contribution >= 0.6 is 12.4 Å². The molecule has 1 aromatic rings. The lowest BCUT2D eigenvalue weighted by atomic mass is 10.2. The molecule has 0 heterocycles. The number of hydrogen-bond donors (Lipinski definition) is 2. The average molecular weight is 305 g/mol. The number of aryl methyl sites for hydroxylation is 1. The Morgan fingerprint density at radius 3 is 2.68 bits per heavy atom. The van der Waals surface area contributed by atoms with Crippen LogP contribution in [0.5, 0.6) is 0 Å². The zero-order valence-electron chi connectivity index (χ0n) is 11.0. The van der Waals surface area contributed by atoms with Crippen LogP contribution in [0.2, 0.25) is 0 Å². The first kappa shape index (κ1) is 16.4. The molecule has 0 radical (unpaired) electrons. The van der Waals surface area contributed by atoms with Gasteiger partial charge in [0, 0.05) is 12.6 Å². The van der Waals surface area contributed by atoms with Gasteiger partial charge in [0.2, 0.25) is 10.0 Å². The van der Waals surface area contributed by atoms with Gasteiger partial charge in [0.05, 0.1) is 5.75 Å². The van der Waals surface area contributed by atoms with E-state index in [1.54, 1.807) is 0 Å². The Morgan fingerprint density at radius 2 is 2.11 bits per heavy atom. The van der Waals surface area contributed by atoms with Gasteiger partial charge in [-0.15, -0.1) is 12.4 Å². The summed E-state index contributed by atoms with van der Waals surface area (Å²) >= 11 is 0. The van der Waals surface area contributed by atoms with Crippen LogP contribution in [0.3, 0.4) is 0 Å². The highest BCUT2D eigenvalue weighted by Gasteiger charge is 2.29. The molecule has 1 aliphatic carbocycles. The van der Waals surface area contributed by atoms with Crippen molar-refractivity contribution in [1.82, 2.24) is 4.72 Å². The van der Waals surface area contributed by atoms with Crippen molar-refractivity contribution in [2.45, 2.75) is 31.6 Å². The predicted molar refractivity (Wildman–Crippen MR) is 79.8 cm³/mol. The molecule has 2 rings (SSSR count). The number of nitrogens with one attached hydrogen (secondary N) is 1. The lowest BCUT2D eigenvalue weighted by Crippen LogP contribution is -2.39. The molecule has 1 aromatic carbocycles. The molecular formula is C13H21ClN2O2S. The van der Waals surface area contributed by atoms with Crippen LogP contribution in [0.15, 0.2) is 24.3 Å². The van der Waals surface area contributed by atoms with Gasteiger partial charge in [-0.2, -0.15) is 0 Å². The van der Waals surface area contributed by atoms with E-state index >= 15 is 0 Å². The Kier molecular flexibility index (Phi) is 5.80. The topological polar surface area (TPSA) is 72.2 Å². The Bertz CT molecular complexity index is 515. The van der Waals surface area contributed by atoms with Crippen LogP contribution in [0.25, 0.3) is 0 Å². The average Bonchev–Trinajstić information content (AvgIpc) is 3.09. The highest BCUT2D eigenvalue weighted by Crippen LogP contribution is 2.31. The normalized spacial score (nSPS) is 16.7. The van der Waals surface area contributed by atoms with Crippen LogP contribution in [0, 0.1) is 12.8 Å². The van der Waals surface area contributed by atoms with Gasteiger partial charge in [-0.1, -0.05) is 29.8 Å². The molecule has 0 bridgehead atoms. The van der Waals surface area contributed by atoms with E-state index in [0.29, 0.717) is 12.5 Å².